The summed E-state index contributed by atoms with van der Waals surface area (Å²) in [5.41, 5.74) is 12.4. The molecular weight excluding hydrogens is 552 g/mol. The van der Waals surface area contributed by atoms with Crippen molar-refractivity contribution in [1.29, 1.82) is 0 Å². The zero-order valence-corrected chi connectivity index (χ0v) is 26.5. The first-order valence-electron chi connectivity index (χ1n) is 15.2. The Morgan fingerprint density at radius 1 is 0.400 bits per heavy atom. The molecule has 0 N–H and O–H groups in total. The van der Waals surface area contributed by atoms with Crippen LogP contribution in [-0.4, -0.2) is 14.2 Å². The van der Waals surface area contributed by atoms with Gasteiger partial charge in [0.15, 0.2) is 0 Å². The number of benzene rings is 6. The zero-order chi connectivity index (χ0) is 31.3. The van der Waals surface area contributed by atoms with E-state index in [1.807, 2.05) is 24.3 Å². The number of rotatable bonds is 9. The van der Waals surface area contributed by atoms with Crippen molar-refractivity contribution in [2.75, 3.05) is 24.0 Å². The minimum atomic E-state index is 0.825. The van der Waals surface area contributed by atoms with E-state index in [9.17, 15) is 0 Å². The molecule has 0 amide bonds. The fourth-order valence-corrected chi connectivity index (χ4v) is 5.80. The lowest BCUT2D eigenvalue weighted by Gasteiger charge is -2.28. The molecule has 6 aromatic rings. The molecule has 0 aromatic heterocycles. The zero-order valence-electron chi connectivity index (χ0n) is 26.5. The Bertz CT molecular complexity index is 1930. The van der Waals surface area contributed by atoms with Gasteiger partial charge in [-0.1, -0.05) is 54.6 Å². The quantitative estimate of drug-likeness (QED) is 0.167. The highest BCUT2D eigenvalue weighted by Gasteiger charge is 2.17. The van der Waals surface area contributed by atoms with Gasteiger partial charge in [0.1, 0.15) is 11.5 Å². The maximum absolute atomic E-state index is 5.57. The van der Waals surface area contributed by atoms with E-state index >= 15 is 0 Å². The maximum atomic E-state index is 5.57. The number of hydrogen-bond acceptors (Lipinski definition) is 4. The molecule has 45 heavy (non-hydrogen) atoms. The molecule has 0 aliphatic carbocycles. The number of nitrogens with zero attached hydrogens (tertiary/aromatic N) is 2. The molecule has 0 saturated heterocycles. The van der Waals surface area contributed by atoms with Gasteiger partial charge in [0.25, 0.3) is 0 Å². The summed E-state index contributed by atoms with van der Waals surface area (Å²) in [5, 5.41) is 0. The van der Waals surface area contributed by atoms with Crippen LogP contribution in [0.5, 0.6) is 11.5 Å². The molecule has 0 aliphatic heterocycles. The highest BCUT2D eigenvalue weighted by molar-refractivity contribution is 5.82. The average molecular weight is 591 g/mol. The lowest BCUT2D eigenvalue weighted by molar-refractivity contribution is 0.415. The summed E-state index contributed by atoms with van der Waals surface area (Å²) in [6, 6.07) is 49.1. The fourth-order valence-electron chi connectivity index (χ4n) is 5.80. The minimum absolute atomic E-state index is 0.825. The number of methoxy groups -OCH3 is 2. The third-order valence-electron chi connectivity index (χ3n) is 8.04. The molecule has 6 rings (SSSR count). The van der Waals surface area contributed by atoms with Gasteiger partial charge >= 0.3 is 0 Å². The summed E-state index contributed by atoms with van der Waals surface area (Å²) < 4.78 is 11.1. The van der Waals surface area contributed by atoms with Crippen molar-refractivity contribution in [2.45, 2.75) is 20.8 Å². The van der Waals surface area contributed by atoms with E-state index in [4.69, 9.17) is 9.47 Å². The standard InChI is InChI=1S/C41H38N2O2/c1-29-10-6-12-35(24-29)42(37-14-8-16-39(27-37)44-4)34-21-18-32(19-22-34)33-20-23-41(31(3)26-33)43(36-13-7-11-30(2)25-36)38-15-9-17-40(28-38)45-5/h6-28H,1-5H3. The Morgan fingerprint density at radius 2 is 0.867 bits per heavy atom. The van der Waals surface area contributed by atoms with Gasteiger partial charge in [0.2, 0.25) is 0 Å². The van der Waals surface area contributed by atoms with Gasteiger partial charge in [-0.3, -0.25) is 0 Å². The molecule has 0 bridgehead atoms. The number of aryl methyl sites for hydroxylation is 3. The molecule has 0 fully saturated rings. The van der Waals surface area contributed by atoms with Gasteiger partial charge in [0, 0.05) is 46.3 Å². The van der Waals surface area contributed by atoms with Gasteiger partial charge < -0.3 is 19.3 Å². The lowest BCUT2D eigenvalue weighted by Crippen LogP contribution is -2.11. The molecule has 0 aliphatic rings. The minimum Gasteiger partial charge on any atom is -0.497 e. The number of ether oxygens (including phenoxy) is 2. The Balaban J connectivity index is 1.37. The molecule has 4 heteroatoms. The van der Waals surface area contributed by atoms with E-state index in [2.05, 4.69) is 146 Å². The van der Waals surface area contributed by atoms with E-state index in [0.717, 1.165) is 51.2 Å². The number of hydrogen-bond donors (Lipinski definition) is 0. The van der Waals surface area contributed by atoms with Crippen LogP contribution in [0.25, 0.3) is 11.1 Å². The Labute approximate surface area is 266 Å². The first-order chi connectivity index (χ1) is 21.9. The van der Waals surface area contributed by atoms with Gasteiger partial charge in [-0.2, -0.15) is 0 Å². The van der Waals surface area contributed by atoms with Crippen molar-refractivity contribution in [3.63, 3.8) is 0 Å². The van der Waals surface area contributed by atoms with E-state index < -0.39 is 0 Å². The molecule has 0 saturated carbocycles. The van der Waals surface area contributed by atoms with Crippen LogP contribution in [0.15, 0.2) is 140 Å². The molecule has 0 atom stereocenters. The van der Waals surface area contributed by atoms with Gasteiger partial charge in [0.05, 0.1) is 14.2 Å². The third-order valence-corrected chi connectivity index (χ3v) is 8.04. The molecule has 6 aromatic carbocycles. The monoisotopic (exact) mass is 590 g/mol. The molecule has 4 nitrogen and oxygen atoms in total. The van der Waals surface area contributed by atoms with Crippen LogP contribution in [0.2, 0.25) is 0 Å². The van der Waals surface area contributed by atoms with Crippen molar-refractivity contribution in [1.82, 2.24) is 0 Å². The van der Waals surface area contributed by atoms with E-state index in [-0.39, 0.29) is 0 Å². The van der Waals surface area contributed by atoms with Gasteiger partial charge in [-0.05, 0) is 121 Å². The summed E-state index contributed by atoms with van der Waals surface area (Å²) >= 11 is 0. The highest BCUT2D eigenvalue weighted by atomic mass is 16.5. The van der Waals surface area contributed by atoms with Crippen LogP contribution in [-0.2, 0) is 0 Å². The second kappa shape index (κ2) is 13.0. The summed E-state index contributed by atoms with van der Waals surface area (Å²) in [6.07, 6.45) is 0. The Hall–Kier alpha value is -5.48. The van der Waals surface area contributed by atoms with E-state index in [1.54, 1.807) is 14.2 Å². The first-order valence-corrected chi connectivity index (χ1v) is 15.2. The van der Waals surface area contributed by atoms with Crippen LogP contribution in [0.3, 0.4) is 0 Å². The molecular formula is C41H38N2O2. The van der Waals surface area contributed by atoms with Gasteiger partial charge in [-0.15, -0.1) is 0 Å². The van der Waals surface area contributed by atoms with Crippen molar-refractivity contribution in [3.8, 4) is 22.6 Å². The van der Waals surface area contributed by atoms with Crippen LogP contribution < -0.4 is 19.3 Å². The normalized spacial score (nSPS) is 10.8. The fraction of sp³-hybridized carbons (Fsp3) is 0.122. The molecule has 0 radical (unpaired) electrons. The van der Waals surface area contributed by atoms with Crippen LogP contribution in [0, 0.1) is 20.8 Å². The second-order valence-electron chi connectivity index (χ2n) is 11.3. The summed E-state index contributed by atoms with van der Waals surface area (Å²) in [6.45, 7) is 6.43. The SMILES string of the molecule is COc1cccc(N(c2ccc(-c3ccc(N(c4cccc(C)c4)c4cccc(OC)c4)c(C)c3)cc2)c2cccc(C)c2)c1. The smallest absolute Gasteiger partial charge is 0.120 e. The van der Waals surface area contributed by atoms with Crippen LogP contribution >= 0.6 is 0 Å². The first kappa shape index (κ1) is 29.6. The van der Waals surface area contributed by atoms with Crippen molar-refractivity contribution >= 4 is 34.1 Å². The summed E-state index contributed by atoms with van der Waals surface area (Å²) in [4.78, 5) is 4.56. The summed E-state index contributed by atoms with van der Waals surface area (Å²) in [5.74, 6) is 1.65. The van der Waals surface area contributed by atoms with Crippen LogP contribution in [0.1, 0.15) is 16.7 Å². The van der Waals surface area contributed by atoms with E-state index in [1.165, 1.54) is 22.3 Å². The molecule has 0 heterocycles. The Morgan fingerprint density at radius 3 is 1.38 bits per heavy atom. The highest BCUT2D eigenvalue weighted by Crippen LogP contribution is 2.41. The lowest BCUT2D eigenvalue weighted by atomic mass is 10.0. The summed E-state index contributed by atoms with van der Waals surface area (Å²) in [7, 11) is 3.41. The number of anilines is 6. The molecule has 224 valence electrons. The molecule has 0 unspecified atom stereocenters. The predicted molar refractivity (Wildman–Crippen MR) is 189 cm³/mol. The second-order valence-corrected chi connectivity index (χ2v) is 11.3. The van der Waals surface area contributed by atoms with Crippen LogP contribution in [0.4, 0.5) is 34.1 Å². The van der Waals surface area contributed by atoms with Crippen molar-refractivity contribution in [3.05, 3.63) is 156 Å². The molecule has 0 spiro atoms. The topological polar surface area (TPSA) is 24.9 Å². The predicted octanol–water partition coefficient (Wildman–Crippen LogP) is 11.2. The van der Waals surface area contributed by atoms with Crippen molar-refractivity contribution < 1.29 is 9.47 Å². The third kappa shape index (κ3) is 6.41. The Kier molecular flexibility index (Phi) is 8.56. The van der Waals surface area contributed by atoms with Gasteiger partial charge in [-0.25, -0.2) is 0 Å². The van der Waals surface area contributed by atoms with Crippen molar-refractivity contribution in [2.24, 2.45) is 0 Å². The largest absolute Gasteiger partial charge is 0.497 e. The maximum Gasteiger partial charge on any atom is 0.120 e. The average Bonchev–Trinajstić information content (AvgIpc) is 3.06. The van der Waals surface area contributed by atoms with E-state index in [0.29, 0.717) is 0 Å².